The van der Waals surface area contributed by atoms with Crippen molar-refractivity contribution in [3.8, 4) is 39.1 Å². The van der Waals surface area contributed by atoms with Gasteiger partial charge in [0.25, 0.3) is 0 Å². The SMILES string of the molecule is BC(B)(O)c1nc2ccccc2n1-c1ccc(-c2c3ccccc3c(-c3cccc(-c4cccnc4)c3)c3ccccc23)cc1. The van der Waals surface area contributed by atoms with Crippen molar-refractivity contribution in [1.82, 2.24) is 14.5 Å². The van der Waals surface area contributed by atoms with Gasteiger partial charge in [0.2, 0.25) is 0 Å². The van der Waals surface area contributed by atoms with E-state index in [1.165, 1.54) is 38.2 Å². The maximum Gasteiger partial charge on any atom is 0.141 e. The molecule has 6 aromatic carbocycles. The zero-order valence-corrected chi connectivity index (χ0v) is 25.1. The Hall–Kier alpha value is -5.45. The lowest BCUT2D eigenvalue weighted by Crippen LogP contribution is -2.30. The van der Waals surface area contributed by atoms with Gasteiger partial charge in [-0.3, -0.25) is 9.55 Å². The smallest absolute Gasteiger partial charge is 0.141 e. The highest BCUT2D eigenvalue weighted by Crippen LogP contribution is 2.44. The zero-order chi connectivity index (χ0) is 30.5. The normalized spacial score (nSPS) is 11.8. The van der Waals surface area contributed by atoms with E-state index < -0.39 is 5.40 Å². The summed E-state index contributed by atoms with van der Waals surface area (Å²) in [5.41, 5.74) is 9.78. The summed E-state index contributed by atoms with van der Waals surface area (Å²) in [6.45, 7) is 0. The van der Waals surface area contributed by atoms with Crippen LogP contribution in [0.5, 0.6) is 0 Å². The highest BCUT2D eigenvalue weighted by Gasteiger charge is 2.25. The Morgan fingerprint density at radius 2 is 1.13 bits per heavy atom. The van der Waals surface area contributed by atoms with Crippen LogP contribution in [0, 0.1) is 0 Å². The minimum Gasteiger partial charge on any atom is -0.400 e. The third-order valence-electron chi connectivity index (χ3n) is 8.60. The van der Waals surface area contributed by atoms with Gasteiger partial charge in [0.05, 0.1) is 16.4 Å². The van der Waals surface area contributed by atoms with Crippen LogP contribution in [-0.4, -0.2) is 35.3 Å². The lowest BCUT2D eigenvalue weighted by Gasteiger charge is -2.20. The largest absolute Gasteiger partial charge is 0.400 e. The van der Waals surface area contributed by atoms with Crippen LogP contribution in [0.15, 0.2) is 146 Å². The molecule has 45 heavy (non-hydrogen) atoms. The molecule has 8 aromatic rings. The van der Waals surface area contributed by atoms with Crippen LogP contribution in [-0.2, 0) is 5.40 Å². The van der Waals surface area contributed by atoms with Crippen molar-refractivity contribution >= 4 is 48.3 Å². The topological polar surface area (TPSA) is 50.9 Å². The van der Waals surface area contributed by atoms with E-state index in [-0.39, 0.29) is 0 Å². The van der Waals surface area contributed by atoms with Gasteiger partial charge in [0, 0.05) is 23.6 Å². The van der Waals surface area contributed by atoms with Gasteiger partial charge >= 0.3 is 0 Å². The van der Waals surface area contributed by atoms with Crippen LogP contribution in [0.4, 0.5) is 0 Å². The van der Waals surface area contributed by atoms with Crippen LogP contribution in [0.25, 0.3) is 71.6 Å². The first-order valence-corrected chi connectivity index (χ1v) is 15.2. The molecule has 0 fully saturated rings. The van der Waals surface area contributed by atoms with E-state index >= 15 is 0 Å². The molecule has 8 rings (SSSR count). The molecule has 0 saturated heterocycles. The molecule has 0 amide bonds. The van der Waals surface area contributed by atoms with Gasteiger partial charge in [-0.2, -0.15) is 0 Å². The monoisotopic (exact) mass is 577 g/mol. The average Bonchev–Trinajstić information content (AvgIpc) is 3.48. The average molecular weight is 577 g/mol. The zero-order valence-electron chi connectivity index (χ0n) is 25.1. The molecule has 0 bridgehead atoms. The molecule has 2 heterocycles. The van der Waals surface area contributed by atoms with E-state index in [1.807, 2.05) is 36.7 Å². The molecule has 0 atom stereocenters. The molecule has 0 aliphatic heterocycles. The second-order valence-electron chi connectivity index (χ2n) is 12.0. The van der Waals surface area contributed by atoms with Crippen molar-refractivity contribution < 1.29 is 5.11 Å². The van der Waals surface area contributed by atoms with E-state index in [9.17, 15) is 5.11 Å². The van der Waals surface area contributed by atoms with Gasteiger partial charge in [-0.05, 0) is 85.8 Å². The van der Waals surface area contributed by atoms with Gasteiger partial charge < -0.3 is 5.11 Å². The van der Waals surface area contributed by atoms with E-state index in [4.69, 9.17) is 4.98 Å². The second-order valence-corrected chi connectivity index (χ2v) is 12.0. The summed E-state index contributed by atoms with van der Waals surface area (Å²) in [6, 6.07) is 46.9. The standard InChI is InChI=1S/C39H29B2N3O/c40-39(41,45)38-43-34-16-5-6-17-35(34)44(38)29-20-18-25(19-21-29)36-30-12-1-3-14-32(30)37(33-15-4-2-13-31(33)36)27-10-7-9-26(23-27)28-11-8-22-42-24-28/h1-24,45H,40-41H2. The first-order chi connectivity index (χ1) is 22.0. The Bertz CT molecular complexity index is 2300. The number of rotatable bonds is 5. The van der Waals surface area contributed by atoms with Crippen LogP contribution >= 0.6 is 0 Å². The van der Waals surface area contributed by atoms with Crippen molar-refractivity contribution in [3.05, 3.63) is 152 Å². The first-order valence-electron chi connectivity index (χ1n) is 15.2. The number of aromatic nitrogens is 3. The molecule has 0 radical (unpaired) electrons. The number of benzene rings is 6. The third kappa shape index (κ3) is 4.62. The molecule has 6 heteroatoms. The number of hydrogen-bond donors (Lipinski definition) is 1. The molecule has 4 nitrogen and oxygen atoms in total. The molecule has 0 aliphatic carbocycles. The fourth-order valence-electron chi connectivity index (χ4n) is 6.61. The van der Waals surface area contributed by atoms with Gasteiger partial charge in [0.15, 0.2) is 0 Å². The minimum atomic E-state index is -1.10. The summed E-state index contributed by atoms with van der Waals surface area (Å²) in [4.78, 5) is 9.14. The van der Waals surface area contributed by atoms with Gasteiger partial charge in [-0.25, -0.2) is 4.98 Å². The minimum absolute atomic E-state index is 0.616. The molecular weight excluding hydrogens is 548 g/mol. The molecule has 2 aromatic heterocycles. The predicted octanol–water partition coefficient (Wildman–Crippen LogP) is 7.10. The van der Waals surface area contributed by atoms with E-state index in [0.29, 0.717) is 5.82 Å². The number of para-hydroxylation sites is 2. The van der Waals surface area contributed by atoms with Crippen molar-refractivity contribution in [2.24, 2.45) is 0 Å². The highest BCUT2D eigenvalue weighted by atomic mass is 16.3. The van der Waals surface area contributed by atoms with E-state index in [2.05, 4.69) is 119 Å². The van der Waals surface area contributed by atoms with Gasteiger partial charge in [-0.1, -0.05) is 97.1 Å². The molecular formula is C39H29B2N3O. The molecule has 1 N–H and O–H groups in total. The van der Waals surface area contributed by atoms with Crippen molar-refractivity contribution in [2.45, 2.75) is 5.40 Å². The Morgan fingerprint density at radius 3 is 1.76 bits per heavy atom. The molecule has 0 spiro atoms. The summed E-state index contributed by atoms with van der Waals surface area (Å²) >= 11 is 0. The fraction of sp³-hybridized carbons (Fsp3) is 0.0256. The number of fused-ring (bicyclic) bond motifs is 3. The maximum atomic E-state index is 11.0. The summed E-state index contributed by atoms with van der Waals surface area (Å²) in [5, 5.41) is 14.7. The predicted molar refractivity (Wildman–Crippen MR) is 191 cm³/mol. The van der Waals surface area contributed by atoms with Crippen molar-refractivity contribution in [2.75, 3.05) is 0 Å². The lowest BCUT2D eigenvalue weighted by atomic mass is 9.65. The number of pyridine rings is 1. The van der Waals surface area contributed by atoms with Crippen LogP contribution in [0.3, 0.4) is 0 Å². The number of nitrogens with zero attached hydrogens (tertiary/aromatic N) is 3. The molecule has 0 saturated carbocycles. The number of hydrogen-bond acceptors (Lipinski definition) is 3. The maximum absolute atomic E-state index is 11.0. The molecule has 0 aliphatic rings. The Balaban J connectivity index is 1.33. The van der Waals surface area contributed by atoms with Gasteiger partial charge in [-0.15, -0.1) is 0 Å². The summed E-state index contributed by atoms with van der Waals surface area (Å²) in [5.74, 6) is 0.616. The summed E-state index contributed by atoms with van der Waals surface area (Å²) < 4.78 is 2.06. The fourth-order valence-corrected chi connectivity index (χ4v) is 6.61. The van der Waals surface area contributed by atoms with Gasteiger partial charge in [0.1, 0.15) is 21.5 Å². The van der Waals surface area contributed by atoms with Crippen LogP contribution < -0.4 is 0 Å². The summed E-state index contributed by atoms with van der Waals surface area (Å²) in [6.07, 6.45) is 3.72. The Morgan fingerprint density at radius 1 is 0.556 bits per heavy atom. The molecule has 0 unspecified atom stereocenters. The third-order valence-corrected chi connectivity index (χ3v) is 8.60. The van der Waals surface area contributed by atoms with Crippen LogP contribution in [0.2, 0.25) is 0 Å². The number of aliphatic hydroxyl groups is 1. The first kappa shape index (κ1) is 27.1. The molecule has 212 valence electrons. The highest BCUT2D eigenvalue weighted by molar-refractivity contribution is 6.38. The van der Waals surface area contributed by atoms with E-state index in [1.54, 1.807) is 15.7 Å². The number of imidazole rings is 1. The quantitative estimate of drug-likeness (QED) is 0.176. The lowest BCUT2D eigenvalue weighted by molar-refractivity contribution is 0.205. The van der Waals surface area contributed by atoms with E-state index in [0.717, 1.165) is 33.4 Å². The van der Waals surface area contributed by atoms with Crippen LogP contribution in [0.1, 0.15) is 5.82 Å². The Kier molecular flexibility index (Phi) is 6.40. The second kappa shape index (κ2) is 10.6. The van der Waals surface area contributed by atoms with Crippen molar-refractivity contribution in [1.29, 1.82) is 0 Å². The summed E-state index contributed by atoms with van der Waals surface area (Å²) in [7, 11) is 3.57. The Labute approximate surface area is 263 Å². The van der Waals surface area contributed by atoms with Crippen molar-refractivity contribution in [3.63, 3.8) is 0 Å².